The molecule has 1 rings (SSSR count). The Kier molecular flexibility index (Phi) is 5.68. The van der Waals surface area contributed by atoms with Crippen LogP contribution in [0.15, 0.2) is 42.5 Å². The van der Waals surface area contributed by atoms with E-state index >= 15 is 0 Å². The van der Waals surface area contributed by atoms with Crippen LogP contribution in [0.1, 0.15) is 39.2 Å². The predicted octanol–water partition coefficient (Wildman–Crippen LogP) is 3.50. The van der Waals surface area contributed by atoms with E-state index in [1.165, 1.54) is 6.92 Å². The molecular formula is C17H22O3. The Morgan fingerprint density at radius 1 is 1.30 bits per heavy atom. The largest absolute Gasteiger partial charge is 0.465 e. The number of allylic oxidation sites excluding steroid dienone is 2. The van der Waals surface area contributed by atoms with Gasteiger partial charge in [-0.25, -0.2) is 0 Å². The number of hydrogen-bond donors (Lipinski definition) is 0. The third kappa shape index (κ3) is 3.16. The van der Waals surface area contributed by atoms with Gasteiger partial charge in [0.05, 0.1) is 6.61 Å². The minimum absolute atomic E-state index is 0.192. The van der Waals surface area contributed by atoms with Crippen molar-refractivity contribution in [1.82, 2.24) is 0 Å². The number of rotatable bonds is 6. The van der Waals surface area contributed by atoms with Gasteiger partial charge in [-0.15, -0.1) is 0 Å². The molecule has 0 spiro atoms. The molecular weight excluding hydrogens is 252 g/mol. The molecule has 1 aromatic rings. The third-order valence-corrected chi connectivity index (χ3v) is 3.60. The van der Waals surface area contributed by atoms with Gasteiger partial charge in [-0.05, 0) is 33.3 Å². The number of carbonyl (C=O) groups excluding carboxylic acids is 2. The molecule has 0 aliphatic rings. The molecule has 0 saturated heterocycles. The summed E-state index contributed by atoms with van der Waals surface area (Å²) in [5, 5.41) is 0. The fourth-order valence-electron chi connectivity index (χ4n) is 2.26. The summed E-state index contributed by atoms with van der Waals surface area (Å²) < 4.78 is 5.12. The molecule has 1 aromatic carbocycles. The highest BCUT2D eigenvalue weighted by molar-refractivity contribution is 6.03. The Labute approximate surface area is 120 Å². The lowest BCUT2D eigenvalue weighted by Gasteiger charge is -2.31. The summed E-state index contributed by atoms with van der Waals surface area (Å²) in [6, 6.07) is 9.55. The van der Waals surface area contributed by atoms with E-state index in [0.717, 1.165) is 5.56 Å². The monoisotopic (exact) mass is 274 g/mol. The molecule has 0 unspecified atom stereocenters. The first kappa shape index (κ1) is 16.2. The van der Waals surface area contributed by atoms with Crippen molar-refractivity contribution in [2.45, 2.75) is 33.6 Å². The van der Waals surface area contributed by atoms with Crippen molar-refractivity contribution in [3.05, 3.63) is 48.0 Å². The SMILES string of the molecule is C/C=C/[C@H](c1ccccc1)[C@](C)(C(C)=O)C(=O)OCC. The number of carbonyl (C=O) groups is 2. The summed E-state index contributed by atoms with van der Waals surface area (Å²) in [6.07, 6.45) is 3.74. The molecule has 0 aliphatic heterocycles. The Balaban J connectivity index is 3.34. The summed E-state index contributed by atoms with van der Waals surface area (Å²) in [7, 11) is 0. The van der Waals surface area contributed by atoms with Crippen LogP contribution in [0.2, 0.25) is 0 Å². The first-order valence-electron chi connectivity index (χ1n) is 6.84. The van der Waals surface area contributed by atoms with Crippen molar-refractivity contribution in [2.75, 3.05) is 6.61 Å². The number of ketones is 1. The van der Waals surface area contributed by atoms with E-state index in [2.05, 4.69) is 0 Å². The first-order valence-corrected chi connectivity index (χ1v) is 6.84. The fraction of sp³-hybridized carbons (Fsp3) is 0.412. The van der Waals surface area contributed by atoms with Crippen LogP contribution in [0.3, 0.4) is 0 Å². The van der Waals surface area contributed by atoms with E-state index in [1.807, 2.05) is 49.4 Å². The van der Waals surface area contributed by atoms with E-state index in [-0.39, 0.29) is 18.3 Å². The third-order valence-electron chi connectivity index (χ3n) is 3.60. The number of ether oxygens (including phenoxy) is 1. The highest BCUT2D eigenvalue weighted by Gasteiger charge is 2.46. The molecule has 3 nitrogen and oxygen atoms in total. The molecule has 0 saturated carbocycles. The van der Waals surface area contributed by atoms with E-state index in [9.17, 15) is 9.59 Å². The molecule has 0 fully saturated rings. The second-order valence-corrected chi connectivity index (χ2v) is 4.89. The molecule has 20 heavy (non-hydrogen) atoms. The lowest BCUT2D eigenvalue weighted by Crippen LogP contribution is -2.41. The Morgan fingerprint density at radius 2 is 1.90 bits per heavy atom. The minimum atomic E-state index is -1.20. The highest BCUT2D eigenvalue weighted by atomic mass is 16.5. The zero-order valence-electron chi connectivity index (χ0n) is 12.6. The van der Waals surface area contributed by atoms with E-state index < -0.39 is 11.4 Å². The molecule has 0 bridgehead atoms. The van der Waals surface area contributed by atoms with Gasteiger partial charge in [-0.1, -0.05) is 42.5 Å². The number of benzene rings is 1. The second-order valence-electron chi connectivity index (χ2n) is 4.89. The predicted molar refractivity (Wildman–Crippen MR) is 79.4 cm³/mol. The summed E-state index contributed by atoms with van der Waals surface area (Å²) in [6.45, 7) is 6.98. The summed E-state index contributed by atoms with van der Waals surface area (Å²) in [5.41, 5.74) is -0.277. The molecule has 2 atom stereocenters. The molecule has 3 heteroatoms. The van der Waals surface area contributed by atoms with Crippen molar-refractivity contribution in [3.63, 3.8) is 0 Å². The van der Waals surface area contributed by atoms with Gasteiger partial charge < -0.3 is 4.74 Å². The lowest BCUT2D eigenvalue weighted by atomic mass is 9.70. The van der Waals surface area contributed by atoms with Crippen LogP contribution in [0.4, 0.5) is 0 Å². The molecule has 0 aromatic heterocycles. The van der Waals surface area contributed by atoms with Crippen molar-refractivity contribution >= 4 is 11.8 Å². The van der Waals surface area contributed by atoms with Crippen molar-refractivity contribution in [1.29, 1.82) is 0 Å². The minimum Gasteiger partial charge on any atom is -0.465 e. The Morgan fingerprint density at radius 3 is 2.35 bits per heavy atom. The molecule has 0 amide bonds. The molecule has 0 N–H and O–H groups in total. The maximum absolute atomic E-state index is 12.3. The van der Waals surface area contributed by atoms with Crippen LogP contribution in [0.5, 0.6) is 0 Å². The normalized spacial score (nSPS) is 15.6. The molecule has 0 aliphatic carbocycles. The van der Waals surface area contributed by atoms with E-state index in [4.69, 9.17) is 4.74 Å². The van der Waals surface area contributed by atoms with Gasteiger partial charge in [-0.2, -0.15) is 0 Å². The van der Waals surface area contributed by atoms with Gasteiger partial charge in [0.2, 0.25) is 0 Å². The average molecular weight is 274 g/mol. The molecule has 0 heterocycles. The zero-order valence-corrected chi connectivity index (χ0v) is 12.6. The molecule has 0 radical (unpaired) electrons. The maximum Gasteiger partial charge on any atom is 0.320 e. The van der Waals surface area contributed by atoms with Gasteiger partial charge in [0.15, 0.2) is 0 Å². The quantitative estimate of drug-likeness (QED) is 0.453. The van der Waals surface area contributed by atoms with Gasteiger partial charge in [-0.3, -0.25) is 9.59 Å². The second kappa shape index (κ2) is 7.04. The number of Topliss-reactive ketones (excluding diaryl/α,β-unsaturated/α-hetero) is 1. The summed E-state index contributed by atoms with van der Waals surface area (Å²) >= 11 is 0. The van der Waals surface area contributed by atoms with Crippen LogP contribution in [0.25, 0.3) is 0 Å². The van der Waals surface area contributed by atoms with Gasteiger partial charge >= 0.3 is 5.97 Å². The van der Waals surface area contributed by atoms with Crippen LogP contribution in [0, 0.1) is 5.41 Å². The molecule has 108 valence electrons. The van der Waals surface area contributed by atoms with Crippen molar-refractivity contribution < 1.29 is 14.3 Å². The van der Waals surface area contributed by atoms with E-state index in [0.29, 0.717) is 0 Å². The standard InChI is InChI=1S/C17H22O3/c1-5-10-15(14-11-8-7-9-12-14)17(4,13(3)18)16(19)20-6-2/h5,7-12,15H,6H2,1-4H3/b10-5+/t15-,17+/m1/s1. The Hall–Kier alpha value is -1.90. The average Bonchev–Trinajstić information content (AvgIpc) is 2.45. The smallest absolute Gasteiger partial charge is 0.320 e. The lowest BCUT2D eigenvalue weighted by molar-refractivity contribution is -0.159. The highest BCUT2D eigenvalue weighted by Crippen LogP contribution is 2.39. The summed E-state index contributed by atoms with van der Waals surface area (Å²) in [4.78, 5) is 24.5. The summed E-state index contributed by atoms with van der Waals surface area (Å²) in [5.74, 6) is -0.993. The van der Waals surface area contributed by atoms with Crippen LogP contribution in [-0.2, 0) is 14.3 Å². The van der Waals surface area contributed by atoms with Crippen LogP contribution >= 0.6 is 0 Å². The number of hydrogen-bond acceptors (Lipinski definition) is 3. The number of esters is 1. The van der Waals surface area contributed by atoms with Crippen LogP contribution < -0.4 is 0 Å². The van der Waals surface area contributed by atoms with Gasteiger partial charge in [0, 0.05) is 5.92 Å². The van der Waals surface area contributed by atoms with Gasteiger partial charge in [0.1, 0.15) is 11.2 Å². The van der Waals surface area contributed by atoms with Crippen molar-refractivity contribution in [3.8, 4) is 0 Å². The van der Waals surface area contributed by atoms with Gasteiger partial charge in [0.25, 0.3) is 0 Å². The topological polar surface area (TPSA) is 43.4 Å². The van der Waals surface area contributed by atoms with Crippen LogP contribution in [-0.4, -0.2) is 18.4 Å². The fourth-order valence-corrected chi connectivity index (χ4v) is 2.26. The first-order chi connectivity index (χ1) is 9.48. The Bertz CT molecular complexity index is 490. The maximum atomic E-state index is 12.3. The van der Waals surface area contributed by atoms with Crippen molar-refractivity contribution in [2.24, 2.45) is 5.41 Å². The van der Waals surface area contributed by atoms with E-state index in [1.54, 1.807) is 13.8 Å². The zero-order chi connectivity index (χ0) is 15.2.